The molecule has 0 bridgehead atoms. The molecule has 0 heterocycles. The monoisotopic (exact) mass is 260 g/mol. The first-order valence-electron chi connectivity index (χ1n) is 6.62. The van der Waals surface area contributed by atoms with Crippen LogP contribution in [0.15, 0.2) is 0 Å². The van der Waals surface area contributed by atoms with Gasteiger partial charge in [0.25, 0.3) is 0 Å². The molecule has 0 saturated heterocycles. The van der Waals surface area contributed by atoms with Gasteiger partial charge in [-0.2, -0.15) is 0 Å². The van der Waals surface area contributed by atoms with Gasteiger partial charge in [-0.15, -0.1) is 0 Å². The predicted molar refractivity (Wildman–Crippen MR) is 67.2 cm³/mol. The number of carboxylic acid groups (broad SMARTS) is 1. The van der Waals surface area contributed by atoms with Crippen molar-refractivity contribution in [3.8, 4) is 0 Å². The number of aliphatic carboxylic acids is 1. The molecule has 0 rings (SSSR count). The van der Waals surface area contributed by atoms with E-state index >= 15 is 0 Å². The Kier molecular flexibility index (Phi) is 11.6. The highest BCUT2D eigenvalue weighted by atomic mass is 16.7. The second-order valence-electron chi connectivity index (χ2n) is 4.20. The Hall–Kier alpha value is -1.10. The molecule has 0 spiro atoms. The number of carboxylic acids is 1. The summed E-state index contributed by atoms with van der Waals surface area (Å²) in [6.45, 7) is 2.77. The number of ether oxygens (including phenoxy) is 2. The lowest BCUT2D eigenvalue weighted by atomic mass is 10.2. The summed E-state index contributed by atoms with van der Waals surface area (Å²) in [6, 6.07) is 0. The number of carbonyl (C=O) groups excluding carboxylic acids is 1. The van der Waals surface area contributed by atoms with E-state index in [4.69, 9.17) is 14.6 Å². The first kappa shape index (κ1) is 16.9. The zero-order valence-electron chi connectivity index (χ0n) is 11.2. The Bertz CT molecular complexity index is 227. The number of hydrogen-bond acceptors (Lipinski definition) is 4. The van der Waals surface area contributed by atoms with Crippen LogP contribution in [0.1, 0.15) is 58.3 Å². The standard InChI is InChI=1S/C13H24O5/c1-2-3-4-7-10-17-11-18-13(16)9-6-5-8-12(14)15/h2-11H2,1H3,(H,14,15). The van der Waals surface area contributed by atoms with Crippen LogP contribution in [0.5, 0.6) is 0 Å². The molecule has 0 atom stereocenters. The van der Waals surface area contributed by atoms with Crippen LogP contribution in [0, 0.1) is 0 Å². The van der Waals surface area contributed by atoms with Crippen LogP contribution in [0.3, 0.4) is 0 Å². The van der Waals surface area contributed by atoms with E-state index in [-0.39, 0.29) is 25.6 Å². The Balaban J connectivity index is 3.19. The van der Waals surface area contributed by atoms with Gasteiger partial charge in [0.2, 0.25) is 0 Å². The van der Waals surface area contributed by atoms with Crippen LogP contribution >= 0.6 is 0 Å². The van der Waals surface area contributed by atoms with Crippen molar-refractivity contribution in [1.82, 2.24) is 0 Å². The molecule has 0 fully saturated rings. The predicted octanol–water partition coefficient (Wildman–Crippen LogP) is 2.73. The molecule has 0 aromatic rings. The second kappa shape index (κ2) is 12.4. The summed E-state index contributed by atoms with van der Waals surface area (Å²) >= 11 is 0. The Labute approximate surface area is 108 Å². The molecule has 0 aliphatic rings. The number of hydrogen-bond donors (Lipinski definition) is 1. The van der Waals surface area contributed by atoms with Crippen LogP contribution in [-0.2, 0) is 19.1 Å². The average Bonchev–Trinajstić information content (AvgIpc) is 2.33. The van der Waals surface area contributed by atoms with Crippen LogP contribution in [-0.4, -0.2) is 30.4 Å². The molecule has 0 aliphatic heterocycles. The van der Waals surface area contributed by atoms with Crippen molar-refractivity contribution in [1.29, 1.82) is 0 Å². The number of carbonyl (C=O) groups is 2. The third kappa shape index (κ3) is 13.0. The van der Waals surface area contributed by atoms with Gasteiger partial charge in [-0.05, 0) is 19.3 Å². The van der Waals surface area contributed by atoms with Crippen molar-refractivity contribution in [3.05, 3.63) is 0 Å². The van der Waals surface area contributed by atoms with Gasteiger partial charge in [-0.25, -0.2) is 0 Å². The fourth-order valence-corrected chi connectivity index (χ4v) is 1.41. The SMILES string of the molecule is CCCCCCOCOC(=O)CCCCC(=O)O. The summed E-state index contributed by atoms with van der Waals surface area (Å²) in [5.74, 6) is -1.16. The topological polar surface area (TPSA) is 72.8 Å². The number of rotatable bonds is 12. The third-order valence-corrected chi connectivity index (χ3v) is 2.47. The van der Waals surface area contributed by atoms with Gasteiger partial charge in [-0.1, -0.05) is 26.2 Å². The lowest BCUT2D eigenvalue weighted by molar-refractivity contribution is -0.156. The fraction of sp³-hybridized carbons (Fsp3) is 0.846. The molecule has 0 aromatic heterocycles. The molecule has 0 unspecified atom stereocenters. The van der Waals surface area contributed by atoms with Gasteiger partial charge in [0, 0.05) is 12.8 Å². The largest absolute Gasteiger partial charge is 0.481 e. The summed E-state index contributed by atoms with van der Waals surface area (Å²) in [5.41, 5.74) is 0. The highest BCUT2D eigenvalue weighted by Gasteiger charge is 2.03. The van der Waals surface area contributed by atoms with Crippen LogP contribution in [0.4, 0.5) is 0 Å². The van der Waals surface area contributed by atoms with E-state index < -0.39 is 5.97 Å². The first-order valence-corrected chi connectivity index (χ1v) is 6.62. The van der Waals surface area contributed by atoms with Crippen LogP contribution < -0.4 is 0 Å². The normalized spacial score (nSPS) is 10.3. The lowest BCUT2D eigenvalue weighted by Crippen LogP contribution is -2.09. The van der Waals surface area contributed by atoms with E-state index in [1.807, 2.05) is 0 Å². The van der Waals surface area contributed by atoms with Crippen LogP contribution in [0.25, 0.3) is 0 Å². The molecule has 1 N–H and O–H groups in total. The molecule has 5 nitrogen and oxygen atoms in total. The average molecular weight is 260 g/mol. The molecule has 0 aromatic carbocycles. The third-order valence-electron chi connectivity index (χ3n) is 2.47. The maximum absolute atomic E-state index is 11.2. The van der Waals surface area contributed by atoms with Crippen molar-refractivity contribution in [2.45, 2.75) is 58.3 Å². The quantitative estimate of drug-likeness (QED) is 0.332. The lowest BCUT2D eigenvalue weighted by Gasteiger charge is -2.05. The van der Waals surface area contributed by atoms with Crippen molar-refractivity contribution in [2.24, 2.45) is 0 Å². The Morgan fingerprint density at radius 3 is 2.39 bits per heavy atom. The smallest absolute Gasteiger partial charge is 0.307 e. The molecular weight excluding hydrogens is 236 g/mol. The number of unbranched alkanes of at least 4 members (excludes halogenated alkanes) is 4. The summed E-state index contributed by atoms with van der Waals surface area (Å²) in [6.07, 6.45) is 5.92. The van der Waals surface area contributed by atoms with E-state index in [0.29, 0.717) is 19.4 Å². The summed E-state index contributed by atoms with van der Waals surface area (Å²) in [5, 5.41) is 8.40. The molecule has 18 heavy (non-hydrogen) atoms. The molecule has 0 saturated carbocycles. The van der Waals surface area contributed by atoms with E-state index in [9.17, 15) is 9.59 Å². The van der Waals surface area contributed by atoms with Crippen molar-refractivity contribution >= 4 is 11.9 Å². The highest BCUT2D eigenvalue weighted by Crippen LogP contribution is 2.02. The molecule has 5 heteroatoms. The van der Waals surface area contributed by atoms with Crippen LogP contribution in [0.2, 0.25) is 0 Å². The minimum atomic E-state index is -0.834. The maximum Gasteiger partial charge on any atom is 0.307 e. The maximum atomic E-state index is 11.2. The van der Waals surface area contributed by atoms with Gasteiger partial charge >= 0.3 is 11.9 Å². The molecular formula is C13H24O5. The summed E-state index contributed by atoms with van der Waals surface area (Å²) < 4.78 is 10.0. The first-order chi connectivity index (χ1) is 8.66. The zero-order valence-corrected chi connectivity index (χ0v) is 11.2. The van der Waals surface area contributed by atoms with E-state index in [0.717, 1.165) is 12.8 Å². The molecule has 0 aliphatic carbocycles. The van der Waals surface area contributed by atoms with Gasteiger partial charge in [-0.3, -0.25) is 9.59 Å². The van der Waals surface area contributed by atoms with E-state index in [1.54, 1.807) is 0 Å². The fourth-order valence-electron chi connectivity index (χ4n) is 1.41. The molecule has 0 radical (unpaired) electrons. The van der Waals surface area contributed by atoms with Gasteiger partial charge in [0.15, 0.2) is 6.79 Å². The Morgan fingerprint density at radius 1 is 1.00 bits per heavy atom. The van der Waals surface area contributed by atoms with Gasteiger partial charge < -0.3 is 14.6 Å². The van der Waals surface area contributed by atoms with Crippen molar-refractivity contribution in [3.63, 3.8) is 0 Å². The molecule has 106 valence electrons. The minimum Gasteiger partial charge on any atom is -0.481 e. The minimum absolute atomic E-state index is 0.00386. The van der Waals surface area contributed by atoms with Gasteiger partial charge in [0.1, 0.15) is 0 Å². The highest BCUT2D eigenvalue weighted by molar-refractivity contribution is 5.69. The molecule has 0 amide bonds. The zero-order chi connectivity index (χ0) is 13.6. The van der Waals surface area contributed by atoms with Crippen molar-refractivity contribution in [2.75, 3.05) is 13.4 Å². The van der Waals surface area contributed by atoms with E-state index in [2.05, 4.69) is 6.92 Å². The van der Waals surface area contributed by atoms with E-state index in [1.165, 1.54) is 12.8 Å². The summed E-state index contributed by atoms with van der Waals surface area (Å²) in [7, 11) is 0. The number of esters is 1. The Morgan fingerprint density at radius 2 is 1.72 bits per heavy atom. The van der Waals surface area contributed by atoms with Gasteiger partial charge in [0.05, 0.1) is 6.61 Å². The van der Waals surface area contributed by atoms with Crippen molar-refractivity contribution < 1.29 is 24.2 Å². The summed E-state index contributed by atoms with van der Waals surface area (Å²) in [4.78, 5) is 21.4. The second-order valence-corrected chi connectivity index (χ2v) is 4.20.